The van der Waals surface area contributed by atoms with E-state index in [9.17, 15) is 0 Å². The zero-order valence-corrected chi connectivity index (χ0v) is 12.2. The number of tetrazole rings is 1. The van der Waals surface area contributed by atoms with E-state index in [1.54, 1.807) is 4.68 Å². The van der Waals surface area contributed by atoms with Crippen molar-refractivity contribution in [1.29, 1.82) is 0 Å². The first kappa shape index (κ1) is 13.9. The van der Waals surface area contributed by atoms with Crippen LogP contribution in [0.3, 0.4) is 0 Å². The molecule has 2 rings (SSSR count). The van der Waals surface area contributed by atoms with Gasteiger partial charge in [-0.05, 0) is 40.5 Å². The van der Waals surface area contributed by atoms with E-state index < -0.39 is 0 Å². The minimum Gasteiger partial charge on any atom is -0.385 e. The highest BCUT2D eigenvalue weighted by Crippen LogP contribution is 2.19. The molecule has 1 N–H and O–H groups in total. The van der Waals surface area contributed by atoms with Gasteiger partial charge in [-0.1, -0.05) is 19.1 Å². The predicted octanol–water partition coefficient (Wildman–Crippen LogP) is 2.43. The fraction of sp³-hybridized carbons (Fsp3) is 0.462. The van der Waals surface area contributed by atoms with Gasteiger partial charge in [0.05, 0.1) is 0 Å². The van der Waals surface area contributed by atoms with Gasteiger partial charge in [0.25, 0.3) is 0 Å². The molecule has 0 amide bonds. The minimum atomic E-state index is 0.783. The van der Waals surface area contributed by atoms with Crippen LogP contribution in [0.1, 0.15) is 13.3 Å². The van der Waals surface area contributed by atoms with E-state index in [-0.39, 0.29) is 0 Å². The first-order valence-electron chi connectivity index (χ1n) is 6.45. The van der Waals surface area contributed by atoms with E-state index in [0.29, 0.717) is 0 Å². The topological polar surface area (TPSA) is 55.6 Å². The molecular formula is C13H19N5S. The molecule has 6 heteroatoms. The Labute approximate surface area is 117 Å². The van der Waals surface area contributed by atoms with Crippen molar-refractivity contribution in [2.24, 2.45) is 7.05 Å². The molecule has 5 nitrogen and oxygen atoms in total. The fourth-order valence-electron chi connectivity index (χ4n) is 1.79. The summed E-state index contributed by atoms with van der Waals surface area (Å²) in [7, 11) is 1.84. The van der Waals surface area contributed by atoms with Crippen LogP contribution in [0, 0.1) is 0 Å². The maximum absolute atomic E-state index is 4.02. The van der Waals surface area contributed by atoms with Gasteiger partial charge in [-0.25, -0.2) is 4.68 Å². The smallest absolute Gasteiger partial charge is 0.181 e. The molecule has 19 heavy (non-hydrogen) atoms. The lowest BCUT2D eigenvalue weighted by atomic mass is 10.2. The Kier molecular flexibility index (Phi) is 5.20. The fourth-order valence-corrected chi connectivity index (χ4v) is 2.43. The van der Waals surface area contributed by atoms with Gasteiger partial charge in [0, 0.05) is 24.8 Å². The number of anilines is 1. The first-order chi connectivity index (χ1) is 9.31. The maximum atomic E-state index is 4.02. The molecule has 0 aliphatic rings. The summed E-state index contributed by atoms with van der Waals surface area (Å²) in [6, 6.07) is 8.19. The monoisotopic (exact) mass is 277 g/mol. The molecule has 0 radical (unpaired) electrons. The van der Waals surface area contributed by atoms with Crippen molar-refractivity contribution < 1.29 is 0 Å². The second-order valence-corrected chi connectivity index (χ2v) is 5.58. The van der Waals surface area contributed by atoms with Crippen molar-refractivity contribution in [3.63, 3.8) is 0 Å². The van der Waals surface area contributed by atoms with E-state index >= 15 is 0 Å². The number of benzene rings is 1. The lowest BCUT2D eigenvalue weighted by molar-refractivity contribution is 0.714. The van der Waals surface area contributed by atoms with E-state index in [0.717, 1.165) is 23.6 Å². The quantitative estimate of drug-likeness (QED) is 0.788. The Balaban J connectivity index is 1.94. The Bertz CT molecular complexity index is 511. The highest BCUT2D eigenvalue weighted by Gasteiger charge is 2.05. The Morgan fingerprint density at radius 2 is 2.26 bits per heavy atom. The summed E-state index contributed by atoms with van der Waals surface area (Å²) in [5.41, 5.74) is 2.14. The van der Waals surface area contributed by atoms with Crippen molar-refractivity contribution in [1.82, 2.24) is 20.2 Å². The van der Waals surface area contributed by atoms with Crippen LogP contribution < -0.4 is 5.32 Å². The number of nitrogens with one attached hydrogen (secondary N) is 1. The van der Waals surface area contributed by atoms with Crippen LogP contribution in [0.5, 0.6) is 0 Å². The van der Waals surface area contributed by atoms with Gasteiger partial charge in [0.15, 0.2) is 5.82 Å². The van der Waals surface area contributed by atoms with Crippen LogP contribution in [0.25, 0.3) is 11.4 Å². The molecule has 2 aromatic rings. The Hall–Kier alpha value is -1.56. The zero-order valence-electron chi connectivity index (χ0n) is 11.3. The second kappa shape index (κ2) is 7.13. The lowest BCUT2D eigenvalue weighted by Gasteiger charge is -2.07. The van der Waals surface area contributed by atoms with E-state index in [1.807, 2.05) is 30.9 Å². The molecule has 0 saturated carbocycles. The van der Waals surface area contributed by atoms with Crippen LogP contribution in [-0.2, 0) is 7.05 Å². The van der Waals surface area contributed by atoms with E-state index in [4.69, 9.17) is 0 Å². The van der Waals surface area contributed by atoms with Gasteiger partial charge >= 0.3 is 0 Å². The van der Waals surface area contributed by atoms with Gasteiger partial charge in [-0.3, -0.25) is 0 Å². The minimum absolute atomic E-state index is 0.783. The van der Waals surface area contributed by atoms with Gasteiger partial charge in [-0.15, -0.1) is 5.10 Å². The summed E-state index contributed by atoms with van der Waals surface area (Å²) in [4.78, 5) is 0. The van der Waals surface area contributed by atoms with Crippen LogP contribution in [0.2, 0.25) is 0 Å². The zero-order chi connectivity index (χ0) is 13.5. The molecule has 1 aromatic heterocycles. The summed E-state index contributed by atoms with van der Waals surface area (Å²) in [6.07, 6.45) is 1.17. The normalized spacial score (nSPS) is 10.6. The maximum Gasteiger partial charge on any atom is 0.181 e. The van der Waals surface area contributed by atoms with Crippen molar-refractivity contribution >= 4 is 17.4 Å². The van der Waals surface area contributed by atoms with Gasteiger partial charge in [0.2, 0.25) is 0 Å². The van der Waals surface area contributed by atoms with Gasteiger partial charge in [0.1, 0.15) is 0 Å². The van der Waals surface area contributed by atoms with Crippen molar-refractivity contribution in [2.45, 2.75) is 13.3 Å². The number of hydrogen-bond donors (Lipinski definition) is 1. The summed E-state index contributed by atoms with van der Waals surface area (Å²) < 4.78 is 1.68. The summed E-state index contributed by atoms with van der Waals surface area (Å²) >= 11 is 1.98. The van der Waals surface area contributed by atoms with Crippen molar-refractivity contribution in [2.75, 3.05) is 23.4 Å². The van der Waals surface area contributed by atoms with Crippen LogP contribution in [0.4, 0.5) is 5.69 Å². The lowest BCUT2D eigenvalue weighted by Crippen LogP contribution is -2.03. The number of thioether (sulfide) groups is 1. The average molecular weight is 277 g/mol. The highest BCUT2D eigenvalue weighted by atomic mass is 32.2. The number of aryl methyl sites for hydroxylation is 1. The molecular weight excluding hydrogens is 258 g/mol. The van der Waals surface area contributed by atoms with Crippen LogP contribution >= 0.6 is 11.8 Å². The molecule has 102 valence electrons. The molecule has 0 aliphatic heterocycles. The molecule has 0 aliphatic carbocycles. The first-order valence-corrected chi connectivity index (χ1v) is 7.61. The Morgan fingerprint density at radius 1 is 1.37 bits per heavy atom. The number of hydrogen-bond acceptors (Lipinski definition) is 5. The third-order valence-corrected chi connectivity index (χ3v) is 3.73. The van der Waals surface area contributed by atoms with E-state index in [1.165, 1.54) is 17.9 Å². The number of aromatic nitrogens is 4. The predicted molar refractivity (Wildman–Crippen MR) is 80.3 cm³/mol. The molecule has 0 bridgehead atoms. The molecule has 0 spiro atoms. The van der Waals surface area contributed by atoms with Gasteiger partial charge < -0.3 is 5.32 Å². The van der Waals surface area contributed by atoms with E-state index in [2.05, 4.69) is 39.9 Å². The second-order valence-electron chi connectivity index (χ2n) is 4.18. The Morgan fingerprint density at radius 3 is 3.00 bits per heavy atom. The summed E-state index contributed by atoms with van der Waals surface area (Å²) in [5, 5.41) is 15.0. The largest absolute Gasteiger partial charge is 0.385 e. The average Bonchev–Trinajstić information content (AvgIpc) is 2.85. The van der Waals surface area contributed by atoms with Crippen LogP contribution in [-0.4, -0.2) is 38.3 Å². The summed E-state index contributed by atoms with van der Waals surface area (Å²) in [6.45, 7) is 3.18. The van der Waals surface area contributed by atoms with Crippen molar-refractivity contribution in [3.8, 4) is 11.4 Å². The molecule has 1 heterocycles. The van der Waals surface area contributed by atoms with Gasteiger partial charge in [-0.2, -0.15) is 11.8 Å². The molecule has 1 aromatic carbocycles. The third kappa shape index (κ3) is 3.96. The highest BCUT2D eigenvalue weighted by molar-refractivity contribution is 7.99. The number of nitrogens with zero attached hydrogens (tertiary/aromatic N) is 4. The molecule has 0 saturated heterocycles. The standard InChI is InChI=1S/C13H19N5S/c1-3-19-9-5-8-14-12-7-4-6-11(10-12)13-15-16-17-18(13)2/h4,6-7,10,14H,3,5,8-9H2,1-2H3. The number of rotatable bonds is 7. The molecule has 0 unspecified atom stereocenters. The van der Waals surface area contributed by atoms with Crippen LogP contribution in [0.15, 0.2) is 24.3 Å². The molecule has 0 fully saturated rings. The SMILES string of the molecule is CCSCCCNc1cccc(-c2nnnn2C)c1. The molecule has 0 atom stereocenters. The summed E-state index contributed by atoms with van der Waals surface area (Å²) in [5.74, 6) is 3.18. The van der Waals surface area contributed by atoms with Crippen molar-refractivity contribution in [3.05, 3.63) is 24.3 Å². The third-order valence-electron chi connectivity index (χ3n) is 2.74.